The van der Waals surface area contributed by atoms with Gasteiger partial charge in [-0.1, -0.05) is 18.2 Å². The fraction of sp³-hybridized carbons (Fsp3) is 0.421. The summed E-state index contributed by atoms with van der Waals surface area (Å²) in [5.74, 6) is 0.855. The van der Waals surface area contributed by atoms with Crippen LogP contribution in [-0.4, -0.2) is 24.2 Å². The summed E-state index contributed by atoms with van der Waals surface area (Å²) < 4.78 is 19.4. The van der Waals surface area contributed by atoms with Gasteiger partial charge in [0.2, 0.25) is 0 Å². The van der Waals surface area contributed by atoms with Gasteiger partial charge in [0.15, 0.2) is 0 Å². The summed E-state index contributed by atoms with van der Waals surface area (Å²) in [7, 11) is 0. The minimum atomic E-state index is -1.30. The minimum absolute atomic E-state index is 0.0124. The summed E-state index contributed by atoms with van der Waals surface area (Å²) >= 11 is 0. The van der Waals surface area contributed by atoms with Crippen LogP contribution in [0, 0.1) is 12.7 Å². The lowest BCUT2D eigenvalue weighted by molar-refractivity contribution is 0.0359. The summed E-state index contributed by atoms with van der Waals surface area (Å²) in [6, 6.07) is 9.73. The lowest BCUT2D eigenvalue weighted by Gasteiger charge is -2.22. The average molecular weight is 346 g/mol. The zero-order valence-electron chi connectivity index (χ0n) is 14.4. The number of carbonyl (C=O) groups is 1. The van der Waals surface area contributed by atoms with E-state index >= 15 is 0 Å². The molecule has 2 amide bonds. The number of rotatable bonds is 6. The van der Waals surface area contributed by atoms with E-state index in [1.165, 1.54) is 6.07 Å². The highest BCUT2D eigenvalue weighted by Crippen LogP contribution is 2.48. The molecule has 0 saturated heterocycles. The predicted octanol–water partition coefficient (Wildman–Crippen LogP) is 2.97. The Balaban J connectivity index is 1.53. The Hall–Kier alpha value is -2.34. The van der Waals surface area contributed by atoms with Crippen LogP contribution in [-0.2, 0) is 11.0 Å². The van der Waals surface area contributed by atoms with E-state index in [1.54, 1.807) is 44.2 Å². The Morgan fingerprint density at radius 2 is 2.00 bits per heavy atom. The van der Waals surface area contributed by atoms with Gasteiger partial charge in [-0.25, -0.2) is 9.18 Å². The van der Waals surface area contributed by atoms with Crippen LogP contribution in [0.25, 0.3) is 0 Å². The van der Waals surface area contributed by atoms with E-state index in [0.29, 0.717) is 23.6 Å². The Morgan fingerprint density at radius 1 is 1.28 bits per heavy atom. The van der Waals surface area contributed by atoms with Crippen molar-refractivity contribution in [1.82, 2.24) is 10.6 Å². The van der Waals surface area contributed by atoms with Crippen LogP contribution in [0.4, 0.5) is 9.18 Å². The topological polar surface area (TPSA) is 74.5 Å². The van der Waals surface area contributed by atoms with Crippen molar-refractivity contribution in [1.29, 1.82) is 0 Å². The van der Waals surface area contributed by atoms with Gasteiger partial charge in [0.1, 0.15) is 22.9 Å². The number of amides is 2. The Morgan fingerprint density at radius 3 is 2.60 bits per heavy atom. The normalized spacial score (nSPS) is 17.6. The molecular weight excluding hydrogens is 323 g/mol. The van der Waals surface area contributed by atoms with Crippen molar-refractivity contribution in [3.63, 3.8) is 0 Å². The lowest BCUT2D eigenvalue weighted by atomic mass is 9.95. The van der Waals surface area contributed by atoms with Gasteiger partial charge in [-0.3, -0.25) is 0 Å². The first-order valence-corrected chi connectivity index (χ1v) is 8.38. The minimum Gasteiger partial charge on any atom is -0.463 e. The number of hydrogen-bond acceptors (Lipinski definition) is 3. The van der Waals surface area contributed by atoms with E-state index in [1.807, 2.05) is 0 Å². The first kappa shape index (κ1) is 17.5. The maximum absolute atomic E-state index is 14.0. The second kappa shape index (κ2) is 6.52. The maximum atomic E-state index is 14.0. The number of aryl methyl sites for hydroxylation is 1. The van der Waals surface area contributed by atoms with E-state index in [9.17, 15) is 14.3 Å². The van der Waals surface area contributed by atoms with Crippen molar-refractivity contribution in [2.24, 2.45) is 0 Å². The third-order valence-electron chi connectivity index (χ3n) is 4.75. The van der Waals surface area contributed by atoms with Crippen molar-refractivity contribution < 1.29 is 18.7 Å². The smallest absolute Gasteiger partial charge is 0.314 e. The molecule has 5 nitrogen and oxygen atoms in total. The van der Waals surface area contributed by atoms with Crippen molar-refractivity contribution in [2.75, 3.05) is 13.1 Å². The summed E-state index contributed by atoms with van der Waals surface area (Å²) in [6.07, 6.45) is 1.69. The van der Waals surface area contributed by atoms with Crippen molar-refractivity contribution in [3.05, 3.63) is 59.3 Å². The summed E-state index contributed by atoms with van der Waals surface area (Å²) in [4.78, 5) is 12.1. The summed E-state index contributed by atoms with van der Waals surface area (Å²) in [6.45, 7) is 3.74. The van der Waals surface area contributed by atoms with Gasteiger partial charge in [-0.2, -0.15) is 0 Å². The van der Waals surface area contributed by atoms with Gasteiger partial charge in [0.25, 0.3) is 0 Å². The third-order valence-corrected chi connectivity index (χ3v) is 4.75. The first-order chi connectivity index (χ1) is 11.8. The molecule has 1 aromatic heterocycles. The molecule has 3 rings (SSSR count). The summed E-state index contributed by atoms with van der Waals surface area (Å²) in [5.41, 5.74) is -0.967. The molecule has 6 heteroatoms. The number of nitrogens with one attached hydrogen (secondary N) is 2. The molecule has 0 spiro atoms. The largest absolute Gasteiger partial charge is 0.463 e. The third kappa shape index (κ3) is 3.85. The number of benzene rings is 1. The Kier molecular flexibility index (Phi) is 4.56. The molecular formula is C19H23FN2O3. The lowest BCUT2D eigenvalue weighted by Crippen LogP contribution is -2.45. The first-order valence-electron chi connectivity index (χ1n) is 8.38. The van der Waals surface area contributed by atoms with Crippen LogP contribution in [0.3, 0.4) is 0 Å². The number of aliphatic hydroxyl groups is 1. The Bertz CT molecular complexity index is 766. The molecule has 1 aromatic carbocycles. The summed E-state index contributed by atoms with van der Waals surface area (Å²) in [5, 5.41) is 15.8. The molecule has 2 aromatic rings. The number of carbonyl (C=O) groups excluding carboxylic acids is 1. The Labute approximate surface area is 146 Å². The van der Waals surface area contributed by atoms with Gasteiger partial charge in [0.05, 0.1) is 6.54 Å². The maximum Gasteiger partial charge on any atom is 0.314 e. The van der Waals surface area contributed by atoms with Crippen molar-refractivity contribution >= 4 is 6.03 Å². The van der Waals surface area contributed by atoms with E-state index in [2.05, 4.69) is 10.6 Å². The molecule has 1 heterocycles. The van der Waals surface area contributed by atoms with Crippen LogP contribution in [0.5, 0.6) is 0 Å². The standard InChI is InChI=1S/C19H23FN2O3/c1-13-7-8-16(25-13)18(2,24)11-21-17(23)22-12-19(9-10-19)14-5-3-4-6-15(14)20/h3-8,24H,9-12H2,1-2H3,(H2,21,22,23). The number of hydrogen-bond donors (Lipinski definition) is 3. The fourth-order valence-electron chi connectivity index (χ4n) is 2.96. The van der Waals surface area contributed by atoms with Gasteiger partial charge >= 0.3 is 6.03 Å². The van der Waals surface area contributed by atoms with Crippen LogP contribution < -0.4 is 10.6 Å². The molecule has 1 saturated carbocycles. The monoisotopic (exact) mass is 346 g/mol. The highest BCUT2D eigenvalue weighted by atomic mass is 19.1. The van der Waals surface area contributed by atoms with E-state index in [4.69, 9.17) is 4.42 Å². The average Bonchev–Trinajstić information content (AvgIpc) is 3.23. The van der Waals surface area contributed by atoms with E-state index < -0.39 is 11.6 Å². The van der Waals surface area contributed by atoms with Crippen LogP contribution in [0.2, 0.25) is 0 Å². The fourth-order valence-corrected chi connectivity index (χ4v) is 2.96. The highest BCUT2D eigenvalue weighted by molar-refractivity contribution is 5.74. The molecule has 1 unspecified atom stereocenters. The van der Waals surface area contributed by atoms with Gasteiger partial charge in [-0.15, -0.1) is 0 Å². The van der Waals surface area contributed by atoms with Gasteiger partial charge < -0.3 is 20.2 Å². The molecule has 0 bridgehead atoms. The quantitative estimate of drug-likeness (QED) is 0.753. The van der Waals surface area contributed by atoms with Crippen molar-refractivity contribution in [2.45, 2.75) is 37.7 Å². The van der Waals surface area contributed by atoms with Gasteiger partial charge in [0, 0.05) is 12.0 Å². The van der Waals surface area contributed by atoms with Crippen LogP contribution >= 0.6 is 0 Å². The molecule has 25 heavy (non-hydrogen) atoms. The molecule has 3 N–H and O–H groups in total. The second-order valence-electron chi connectivity index (χ2n) is 6.98. The molecule has 0 radical (unpaired) electrons. The molecule has 0 aliphatic heterocycles. The predicted molar refractivity (Wildman–Crippen MR) is 91.7 cm³/mol. The molecule has 1 aliphatic rings. The van der Waals surface area contributed by atoms with Crippen LogP contribution in [0.1, 0.15) is 36.8 Å². The van der Waals surface area contributed by atoms with Crippen LogP contribution in [0.15, 0.2) is 40.8 Å². The second-order valence-corrected chi connectivity index (χ2v) is 6.98. The molecule has 1 fully saturated rings. The zero-order valence-corrected chi connectivity index (χ0v) is 14.4. The number of halogens is 1. The molecule has 1 atom stereocenters. The van der Waals surface area contributed by atoms with E-state index in [-0.39, 0.29) is 17.8 Å². The van der Waals surface area contributed by atoms with E-state index in [0.717, 1.165) is 12.8 Å². The van der Waals surface area contributed by atoms with Crippen molar-refractivity contribution in [3.8, 4) is 0 Å². The zero-order chi connectivity index (χ0) is 18.1. The van der Waals surface area contributed by atoms with Gasteiger partial charge in [-0.05, 0) is 50.5 Å². The highest BCUT2D eigenvalue weighted by Gasteiger charge is 2.46. The molecule has 134 valence electrons. The number of furan rings is 1. The SMILES string of the molecule is Cc1ccc(C(C)(O)CNC(=O)NCC2(c3ccccc3F)CC2)o1. The number of urea groups is 1. The molecule has 1 aliphatic carbocycles.